The minimum atomic E-state index is 0. The quantitative estimate of drug-likeness (QED) is 0.281. The number of hydrogen-bond acceptors (Lipinski definition) is 3. The molecule has 0 spiro atoms. The van der Waals surface area contributed by atoms with E-state index < -0.39 is 0 Å². The van der Waals surface area contributed by atoms with Gasteiger partial charge in [0.15, 0.2) is 5.96 Å². The summed E-state index contributed by atoms with van der Waals surface area (Å²) in [6, 6.07) is 8.58. The summed E-state index contributed by atoms with van der Waals surface area (Å²) < 4.78 is 6.44. The van der Waals surface area contributed by atoms with Crippen LogP contribution in [0.15, 0.2) is 33.7 Å². The van der Waals surface area contributed by atoms with Gasteiger partial charge in [-0.1, -0.05) is 28.4 Å². The molecule has 2 fully saturated rings. The first kappa shape index (κ1) is 23.7. The summed E-state index contributed by atoms with van der Waals surface area (Å²) in [5.74, 6) is 1.58. The van der Waals surface area contributed by atoms with Gasteiger partial charge in [0.25, 0.3) is 0 Å². The second-order valence-electron chi connectivity index (χ2n) is 7.98. The van der Waals surface area contributed by atoms with E-state index in [4.69, 9.17) is 4.74 Å². The molecule has 1 heterocycles. The fraction of sp³-hybridized carbons (Fsp3) is 0.667. The molecule has 1 aliphatic carbocycles. The molecule has 0 bridgehead atoms. The minimum Gasteiger partial charge on any atom is -0.385 e. The first-order valence-corrected chi connectivity index (χ1v) is 10.9. The van der Waals surface area contributed by atoms with Gasteiger partial charge in [0.2, 0.25) is 0 Å². The molecule has 3 rings (SSSR count). The molecule has 158 valence electrons. The summed E-state index contributed by atoms with van der Waals surface area (Å²) in [4.78, 5) is 6.90. The molecule has 2 aliphatic rings. The van der Waals surface area contributed by atoms with Crippen molar-refractivity contribution in [3.8, 4) is 0 Å². The standard InChI is InChI=1S/C21H33BrN4O.HI/c1-23-20(25-16-21(8-4-9-21)10-12-27-2)24-14-17-7-11-26(15-17)19-6-3-5-18(22)13-19;/h3,5-6,13,17H,4,7-12,14-16H2,1-2H3,(H2,23,24,25);1H. The maximum atomic E-state index is 5.29. The fourth-order valence-electron chi connectivity index (χ4n) is 4.15. The molecule has 1 saturated carbocycles. The van der Waals surface area contributed by atoms with Crippen LogP contribution in [0.5, 0.6) is 0 Å². The number of aliphatic imine (C=N–C) groups is 1. The van der Waals surface area contributed by atoms with E-state index in [1.807, 2.05) is 7.05 Å². The molecule has 2 N–H and O–H groups in total. The third-order valence-corrected chi connectivity index (χ3v) is 6.62. The maximum absolute atomic E-state index is 5.29. The van der Waals surface area contributed by atoms with Crippen LogP contribution in [0.1, 0.15) is 32.1 Å². The molecule has 1 aromatic carbocycles. The largest absolute Gasteiger partial charge is 0.385 e. The Morgan fingerprint density at radius 2 is 2.18 bits per heavy atom. The van der Waals surface area contributed by atoms with Gasteiger partial charge < -0.3 is 20.3 Å². The van der Waals surface area contributed by atoms with Crippen molar-refractivity contribution in [2.24, 2.45) is 16.3 Å². The summed E-state index contributed by atoms with van der Waals surface area (Å²) in [6.07, 6.45) is 6.28. The number of guanidine groups is 1. The van der Waals surface area contributed by atoms with Crippen molar-refractivity contribution in [2.75, 3.05) is 51.8 Å². The number of rotatable bonds is 8. The van der Waals surface area contributed by atoms with Crippen LogP contribution >= 0.6 is 39.9 Å². The summed E-state index contributed by atoms with van der Waals surface area (Å²) in [5.41, 5.74) is 1.71. The Balaban J connectivity index is 0.00000280. The smallest absolute Gasteiger partial charge is 0.191 e. The van der Waals surface area contributed by atoms with E-state index in [2.05, 4.69) is 60.7 Å². The van der Waals surface area contributed by atoms with E-state index in [0.29, 0.717) is 11.3 Å². The highest BCUT2D eigenvalue weighted by atomic mass is 127. The van der Waals surface area contributed by atoms with Gasteiger partial charge in [0.05, 0.1) is 0 Å². The number of nitrogens with one attached hydrogen (secondary N) is 2. The highest BCUT2D eigenvalue weighted by molar-refractivity contribution is 14.0. The molecular weight excluding hydrogens is 531 g/mol. The topological polar surface area (TPSA) is 48.9 Å². The first-order valence-electron chi connectivity index (χ1n) is 10.1. The SMILES string of the molecule is CN=C(NCC1CCN(c2cccc(Br)c2)C1)NCC1(CCOC)CCC1.I. The average molecular weight is 565 g/mol. The van der Waals surface area contributed by atoms with E-state index in [0.717, 1.165) is 49.6 Å². The van der Waals surface area contributed by atoms with Crippen LogP contribution in [0.25, 0.3) is 0 Å². The van der Waals surface area contributed by atoms with Crippen LogP contribution < -0.4 is 15.5 Å². The van der Waals surface area contributed by atoms with E-state index in [1.165, 1.54) is 31.4 Å². The maximum Gasteiger partial charge on any atom is 0.191 e. The predicted molar refractivity (Wildman–Crippen MR) is 132 cm³/mol. The number of halogens is 2. The third-order valence-electron chi connectivity index (χ3n) is 6.12. The van der Waals surface area contributed by atoms with Gasteiger partial charge in [-0.05, 0) is 55.2 Å². The highest BCUT2D eigenvalue weighted by Crippen LogP contribution is 2.43. The Kier molecular flexibility index (Phi) is 9.83. The molecule has 1 aliphatic heterocycles. The van der Waals surface area contributed by atoms with E-state index >= 15 is 0 Å². The number of anilines is 1. The van der Waals surface area contributed by atoms with Crippen molar-refractivity contribution in [1.82, 2.24) is 10.6 Å². The second-order valence-corrected chi connectivity index (χ2v) is 8.90. The van der Waals surface area contributed by atoms with Crippen LogP contribution in [-0.4, -0.2) is 52.9 Å². The average Bonchev–Trinajstić information content (AvgIpc) is 3.12. The van der Waals surface area contributed by atoms with E-state index in [-0.39, 0.29) is 24.0 Å². The lowest BCUT2D eigenvalue weighted by atomic mass is 9.67. The number of benzene rings is 1. The van der Waals surface area contributed by atoms with Gasteiger partial charge in [0, 0.05) is 57.1 Å². The fourth-order valence-corrected chi connectivity index (χ4v) is 4.54. The molecule has 1 saturated heterocycles. The lowest BCUT2D eigenvalue weighted by molar-refractivity contribution is 0.0732. The number of ether oxygens (including phenoxy) is 1. The molecule has 0 radical (unpaired) electrons. The molecule has 5 nitrogen and oxygen atoms in total. The third kappa shape index (κ3) is 6.49. The summed E-state index contributed by atoms with van der Waals surface area (Å²) in [5, 5.41) is 7.10. The highest BCUT2D eigenvalue weighted by Gasteiger charge is 2.36. The Morgan fingerprint density at radius 1 is 1.36 bits per heavy atom. The van der Waals surface area contributed by atoms with Gasteiger partial charge in [-0.15, -0.1) is 24.0 Å². The molecule has 7 heteroatoms. The molecule has 0 aromatic heterocycles. The minimum absolute atomic E-state index is 0. The van der Waals surface area contributed by atoms with Crippen molar-refractivity contribution >= 4 is 51.6 Å². The van der Waals surface area contributed by atoms with Gasteiger partial charge >= 0.3 is 0 Å². The zero-order valence-corrected chi connectivity index (χ0v) is 21.0. The summed E-state index contributed by atoms with van der Waals surface area (Å²) >= 11 is 3.57. The Hall–Kier alpha value is -0.540. The van der Waals surface area contributed by atoms with Crippen LogP contribution in [-0.2, 0) is 4.74 Å². The number of hydrogen-bond donors (Lipinski definition) is 2. The van der Waals surface area contributed by atoms with Crippen molar-refractivity contribution in [1.29, 1.82) is 0 Å². The Bertz CT molecular complexity index is 639. The van der Waals surface area contributed by atoms with Crippen LogP contribution in [0.4, 0.5) is 5.69 Å². The molecule has 1 atom stereocenters. The molecule has 1 unspecified atom stereocenters. The van der Waals surface area contributed by atoms with Gasteiger partial charge in [-0.25, -0.2) is 0 Å². The zero-order valence-electron chi connectivity index (χ0n) is 17.0. The Labute approximate surface area is 195 Å². The van der Waals surface area contributed by atoms with Crippen molar-refractivity contribution < 1.29 is 4.74 Å². The van der Waals surface area contributed by atoms with E-state index in [1.54, 1.807) is 7.11 Å². The number of nitrogens with zero attached hydrogens (tertiary/aromatic N) is 2. The van der Waals surface area contributed by atoms with Crippen molar-refractivity contribution in [2.45, 2.75) is 32.1 Å². The van der Waals surface area contributed by atoms with E-state index in [9.17, 15) is 0 Å². The van der Waals surface area contributed by atoms with Crippen LogP contribution in [0.2, 0.25) is 0 Å². The molecular formula is C21H34BrIN4O. The van der Waals surface area contributed by atoms with Crippen molar-refractivity contribution in [3.63, 3.8) is 0 Å². The molecule has 28 heavy (non-hydrogen) atoms. The lowest BCUT2D eigenvalue weighted by Gasteiger charge is -2.42. The lowest BCUT2D eigenvalue weighted by Crippen LogP contribution is -2.47. The van der Waals surface area contributed by atoms with Gasteiger partial charge in [0.1, 0.15) is 0 Å². The zero-order chi connectivity index (χ0) is 19.1. The second kappa shape index (κ2) is 11.6. The monoisotopic (exact) mass is 564 g/mol. The normalized spacial score (nSPS) is 21.0. The molecule has 1 aromatic rings. The Morgan fingerprint density at radius 3 is 2.82 bits per heavy atom. The van der Waals surface area contributed by atoms with Gasteiger partial charge in [-0.2, -0.15) is 0 Å². The van der Waals surface area contributed by atoms with Crippen molar-refractivity contribution in [3.05, 3.63) is 28.7 Å². The summed E-state index contributed by atoms with van der Waals surface area (Å²) in [6.45, 7) is 5.02. The van der Waals surface area contributed by atoms with Gasteiger partial charge in [-0.3, -0.25) is 4.99 Å². The molecule has 0 amide bonds. The number of methoxy groups -OCH3 is 1. The first-order chi connectivity index (χ1) is 13.1. The predicted octanol–water partition coefficient (Wildman–Crippen LogP) is 4.27. The van der Waals surface area contributed by atoms with Crippen LogP contribution in [0, 0.1) is 11.3 Å². The summed E-state index contributed by atoms with van der Waals surface area (Å²) in [7, 11) is 3.65. The van der Waals surface area contributed by atoms with Crippen LogP contribution in [0.3, 0.4) is 0 Å².